The lowest BCUT2D eigenvalue weighted by Gasteiger charge is -2.31. The van der Waals surface area contributed by atoms with E-state index >= 15 is 0 Å². The summed E-state index contributed by atoms with van der Waals surface area (Å²) in [6, 6.07) is 16.1. The number of morpholine rings is 1. The highest BCUT2D eigenvalue weighted by molar-refractivity contribution is 14.0. The van der Waals surface area contributed by atoms with Crippen LogP contribution in [0, 0.1) is 5.82 Å². The second-order valence-electron chi connectivity index (χ2n) is 7.10. The van der Waals surface area contributed by atoms with Crippen molar-refractivity contribution in [3.8, 4) is 0 Å². The predicted molar refractivity (Wildman–Crippen MR) is 131 cm³/mol. The molecule has 6 nitrogen and oxygen atoms in total. The van der Waals surface area contributed by atoms with Crippen molar-refractivity contribution < 1.29 is 13.9 Å². The molecule has 1 unspecified atom stereocenters. The number of hydrogen-bond acceptors (Lipinski definition) is 3. The fraction of sp³-hybridized carbons (Fsp3) is 0.391. The van der Waals surface area contributed by atoms with Gasteiger partial charge in [-0.15, -0.1) is 24.0 Å². The minimum atomic E-state index is -0.320. The van der Waals surface area contributed by atoms with E-state index in [9.17, 15) is 9.18 Å². The molecule has 1 amide bonds. The van der Waals surface area contributed by atoms with Gasteiger partial charge in [0.05, 0.1) is 25.7 Å². The summed E-state index contributed by atoms with van der Waals surface area (Å²) in [4.78, 5) is 19.7. The van der Waals surface area contributed by atoms with E-state index in [4.69, 9.17) is 4.74 Å². The summed E-state index contributed by atoms with van der Waals surface area (Å²) in [5.74, 6) is 0.128. The van der Waals surface area contributed by atoms with Crippen LogP contribution in [0.15, 0.2) is 59.6 Å². The molecule has 168 valence electrons. The molecule has 0 aliphatic carbocycles. The summed E-state index contributed by atoms with van der Waals surface area (Å²) in [6.07, 6.45) is 0. The average Bonchev–Trinajstić information content (AvgIpc) is 2.79. The quantitative estimate of drug-likeness (QED) is 0.322. The first-order valence-corrected chi connectivity index (χ1v) is 10.4. The number of nitrogens with zero attached hydrogens (tertiary/aromatic N) is 2. The highest BCUT2D eigenvalue weighted by atomic mass is 127. The van der Waals surface area contributed by atoms with E-state index in [1.807, 2.05) is 42.2 Å². The van der Waals surface area contributed by atoms with Crippen LogP contribution >= 0.6 is 24.0 Å². The zero-order valence-electron chi connectivity index (χ0n) is 17.7. The molecule has 8 heteroatoms. The highest BCUT2D eigenvalue weighted by Gasteiger charge is 2.27. The van der Waals surface area contributed by atoms with Gasteiger partial charge in [-0.3, -0.25) is 4.79 Å². The van der Waals surface area contributed by atoms with E-state index in [1.165, 1.54) is 12.1 Å². The summed E-state index contributed by atoms with van der Waals surface area (Å²) in [5, 5.41) is 6.52. The summed E-state index contributed by atoms with van der Waals surface area (Å²) in [6.45, 7) is 5.90. The van der Waals surface area contributed by atoms with E-state index in [0.29, 0.717) is 51.9 Å². The van der Waals surface area contributed by atoms with Gasteiger partial charge in [0.15, 0.2) is 5.96 Å². The molecule has 1 aliphatic heterocycles. The lowest BCUT2D eigenvalue weighted by Crippen LogP contribution is -2.47. The van der Waals surface area contributed by atoms with Crippen molar-refractivity contribution in [1.29, 1.82) is 0 Å². The number of aliphatic imine (C=N–C) groups is 1. The van der Waals surface area contributed by atoms with Gasteiger partial charge in [-0.2, -0.15) is 0 Å². The van der Waals surface area contributed by atoms with Crippen molar-refractivity contribution in [3.63, 3.8) is 0 Å². The number of benzene rings is 2. The molecule has 0 radical (unpaired) electrons. The zero-order valence-corrected chi connectivity index (χ0v) is 20.1. The van der Waals surface area contributed by atoms with Gasteiger partial charge in [0, 0.05) is 26.2 Å². The first-order valence-electron chi connectivity index (χ1n) is 10.4. The van der Waals surface area contributed by atoms with Crippen molar-refractivity contribution in [2.75, 3.05) is 39.4 Å². The van der Waals surface area contributed by atoms with Gasteiger partial charge < -0.3 is 20.3 Å². The van der Waals surface area contributed by atoms with Crippen molar-refractivity contribution in [2.45, 2.75) is 19.4 Å². The van der Waals surface area contributed by atoms with E-state index in [2.05, 4.69) is 15.6 Å². The maximum atomic E-state index is 13.2. The molecule has 0 saturated carbocycles. The summed E-state index contributed by atoms with van der Waals surface area (Å²) < 4.78 is 18.5. The molecule has 2 aromatic carbocycles. The molecular formula is C23H30FIN4O2. The van der Waals surface area contributed by atoms with Gasteiger partial charge in [0.1, 0.15) is 5.82 Å². The third-order valence-corrected chi connectivity index (χ3v) is 4.97. The summed E-state index contributed by atoms with van der Waals surface area (Å²) in [7, 11) is 0. The number of amides is 1. The molecule has 0 bridgehead atoms. The Kier molecular flexibility index (Phi) is 10.7. The Balaban J connectivity index is 0.00000341. The van der Waals surface area contributed by atoms with E-state index < -0.39 is 0 Å². The lowest BCUT2D eigenvalue weighted by molar-refractivity contribution is -0.136. The molecule has 1 atom stereocenters. The molecular weight excluding hydrogens is 510 g/mol. The normalized spacial score (nSPS) is 15.0. The fourth-order valence-electron chi connectivity index (χ4n) is 3.34. The van der Waals surface area contributed by atoms with Crippen LogP contribution in [0.25, 0.3) is 0 Å². The molecule has 1 heterocycles. The third-order valence-electron chi connectivity index (χ3n) is 4.97. The van der Waals surface area contributed by atoms with Crippen molar-refractivity contribution in [1.82, 2.24) is 15.5 Å². The first kappa shape index (κ1) is 25.1. The Hall–Kier alpha value is -2.20. The van der Waals surface area contributed by atoms with Crippen LogP contribution in [0.1, 0.15) is 24.0 Å². The number of guanidine groups is 1. The maximum absolute atomic E-state index is 13.2. The lowest BCUT2D eigenvalue weighted by atomic mass is 9.97. The molecule has 1 fully saturated rings. The van der Waals surface area contributed by atoms with Gasteiger partial charge in [-0.05, 0) is 30.2 Å². The van der Waals surface area contributed by atoms with Crippen molar-refractivity contribution in [3.05, 3.63) is 71.5 Å². The largest absolute Gasteiger partial charge is 0.378 e. The fourth-order valence-corrected chi connectivity index (χ4v) is 3.34. The third kappa shape index (κ3) is 7.77. The van der Waals surface area contributed by atoms with Gasteiger partial charge in [-0.25, -0.2) is 9.38 Å². The Morgan fingerprint density at radius 3 is 2.42 bits per heavy atom. The zero-order chi connectivity index (χ0) is 21.2. The molecule has 1 saturated heterocycles. The van der Waals surface area contributed by atoms with Crippen LogP contribution in [-0.2, 0) is 16.1 Å². The standard InChI is InChI=1S/C23H29FN4O2.HI/c1-2-25-23(26-16-18-8-10-20(24)11-9-18)27-17-21(19-6-4-3-5-7-19)22(29)28-12-14-30-15-13-28;/h3-11,21H,2,12-17H2,1H3,(H2,25,26,27);1H. The predicted octanol–water partition coefficient (Wildman–Crippen LogP) is 3.14. The monoisotopic (exact) mass is 540 g/mol. The second-order valence-corrected chi connectivity index (χ2v) is 7.10. The van der Waals surface area contributed by atoms with Crippen molar-refractivity contribution in [2.24, 2.45) is 4.99 Å². The minimum Gasteiger partial charge on any atom is -0.378 e. The Morgan fingerprint density at radius 1 is 1.10 bits per heavy atom. The van der Waals surface area contributed by atoms with Crippen LogP contribution in [0.3, 0.4) is 0 Å². The molecule has 0 spiro atoms. The topological polar surface area (TPSA) is 66.0 Å². The molecule has 2 N–H and O–H groups in total. The van der Waals surface area contributed by atoms with Crippen LogP contribution in [0.2, 0.25) is 0 Å². The second kappa shape index (κ2) is 13.3. The van der Waals surface area contributed by atoms with Gasteiger partial charge in [-0.1, -0.05) is 42.5 Å². The molecule has 31 heavy (non-hydrogen) atoms. The SMILES string of the molecule is CCNC(=NCc1ccc(F)cc1)NCC(C(=O)N1CCOCC1)c1ccccc1.I. The number of hydrogen-bond donors (Lipinski definition) is 2. The smallest absolute Gasteiger partial charge is 0.232 e. The number of ether oxygens (including phenoxy) is 1. The average molecular weight is 540 g/mol. The van der Waals surface area contributed by atoms with E-state index in [0.717, 1.165) is 11.1 Å². The molecule has 3 rings (SSSR count). The number of carbonyl (C=O) groups is 1. The Bertz CT molecular complexity index is 827. The number of halogens is 2. The first-order chi connectivity index (χ1) is 14.7. The summed E-state index contributed by atoms with van der Waals surface area (Å²) >= 11 is 0. The number of rotatable bonds is 7. The number of nitrogens with one attached hydrogen (secondary N) is 2. The van der Waals surface area contributed by atoms with E-state index in [1.54, 1.807) is 12.1 Å². The van der Waals surface area contributed by atoms with E-state index in [-0.39, 0.29) is 41.6 Å². The van der Waals surface area contributed by atoms with Crippen LogP contribution < -0.4 is 10.6 Å². The summed E-state index contributed by atoms with van der Waals surface area (Å²) in [5.41, 5.74) is 1.88. The Labute approximate surface area is 200 Å². The van der Waals surface area contributed by atoms with Gasteiger partial charge in [0.25, 0.3) is 0 Å². The van der Waals surface area contributed by atoms with Crippen LogP contribution in [0.5, 0.6) is 0 Å². The van der Waals surface area contributed by atoms with Gasteiger partial charge in [0.2, 0.25) is 5.91 Å². The minimum absolute atomic E-state index is 0. The molecule has 0 aromatic heterocycles. The van der Waals surface area contributed by atoms with Crippen LogP contribution in [-0.4, -0.2) is 56.2 Å². The van der Waals surface area contributed by atoms with Crippen LogP contribution in [0.4, 0.5) is 4.39 Å². The highest BCUT2D eigenvalue weighted by Crippen LogP contribution is 2.19. The van der Waals surface area contributed by atoms with Crippen molar-refractivity contribution >= 4 is 35.8 Å². The van der Waals surface area contributed by atoms with Gasteiger partial charge >= 0.3 is 0 Å². The molecule has 1 aliphatic rings. The maximum Gasteiger partial charge on any atom is 0.232 e. The number of carbonyl (C=O) groups excluding carboxylic acids is 1. The molecule has 2 aromatic rings. The Morgan fingerprint density at radius 2 is 1.77 bits per heavy atom.